The van der Waals surface area contributed by atoms with Crippen LogP contribution in [0.25, 0.3) is 11.0 Å². The van der Waals surface area contributed by atoms with Crippen LogP contribution < -0.4 is 19.6 Å². The molecule has 0 amide bonds. The zero-order chi connectivity index (χ0) is 14.1. The van der Waals surface area contributed by atoms with Gasteiger partial charge in [0.1, 0.15) is 17.8 Å². The van der Waals surface area contributed by atoms with Gasteiger partial charge >= 0.3 is 0 Å². The number of thiazole rings is 1. The van der Waals surface area contributed by atoms with Crippen LogP contribution in [0.1, 0.15) is 5.56 Å². The maximum Gasteiger partial charge on any atom is 0.275 e. The molecule has 102 valence electrons. The summed E-state index contributed by atoms with van der Waals surface area (Å²) in [5, 5.41) is 7.57. The zero-order valence-corrected chi connectivity index (χ0v) is 11.7. The lowest BCUT2D eigenvalue weighted by atomic mass is 10.2. The smallest absolute Gasteiger partial charge is 0.275 e. The van der Waals surface area contributed by atoms with Crippen molar-refractivity contribution >= 4 is 22.4 Å². The SMILES string of the molecule is COc1ccc(OC)c(/C=c2\sc3nncn3c2=O)c1. The monoisotopic (exact) mass is 289 g/mol. The Hall–Kier alpha value is -2.41. The highest BCUT2D eigenvalue weighted by molar-refractivity contribution is 7.15. The van der Waals surface area contributed by atoms with E-state index in [9.17, 15) is 4.79 Å². The van der Waals surface area contributed by atoms with Crippen LogP contribution in [0.4, 0.5) is 0 Å². The zero-order valence-electron chi connectivity index (χ0n) is 10.9. The first-order valence-corrected chi connectivity index (χ1v) is 6.61. The van der Waals surface area contributed by atoms with Crippen LogP contribution >= 0.6 is 11.3 Å². The first kappa shape index (κ1) is 12.6. The van der Waals surface area contributed by atoms with Gasteiger partial charge in [-0.15, -0.1) is 10.2 Å². The van der Waals surface area contributed by atoms with Gasteiger partial charge < -0.3 is 9.47 Å². The number of aromatic nitrogens is 3. The molecule has 20 heavy (non-hydrogen) atoms. The molecular formula is C13H11N3O3S. The Kier molecular flexibility index (Phi) is 3.11. The number of rotatable bonds is 3. The Bertz CT molecular complexity index is 869. The van der Waals surface area contributed by atoms with E-state index in [1.54, 1.807) is 32.4 Å². The normalized spacial score (nSPS) is 12.0. The van der Waals surface area contributed by atoms with Crippen LogP contribution in [-0.4, -0.2) is 28.8 Å². The summed E-state index contributed by atoms with van der Waals surface area (Å²) in [4.78, 5) is 12.7. The average Bonchev–Trinajstić information content (AvgIpc) is 3.03. The number of benzene rings is 1. The first-order valence-electron chi connectivity index (χ1n) is 5.79. The van der Waals surface area contributed by atoms with Crippen LogP contribution in [0.15, 0.2) is 29.3 Å². The van der Waals surface area contributed by atoms with Crippen molar-refractivity contribution < 1.29 is 9.47 Å². The molecule has 0 atom stereocenters. The number of hydrogen-bond acceptors (Lipinski definition) is 6. The van der Waals surface area contributed by atoms with Crippen molar-refractivity contribution in [1.29, 1.82) is 0 Å². The number of methoxy groups -OCH3 is 2. The molecule has 7 heteroatoms. The molecule has 0 unspecified atom stereocenters. The molecule has 0 radical (unpaired) electrons. The van der Waals surface area contributed by atoms with E-state index < -0.39 is 0 Å². The third kappa shape index (κ3) is 2.01. The van der Waals surface area contributed by atoms with E-state index in [0.717, 1.165) is 5.56 Å². The second kappa shape index (κ2) is 4.93. The molecule has 0 aliphatic rings. The van der Waals surface area contributed by atoms with Gasteiger partial charge in [-0.3, -0.25) is 4.79 Å². The lowest BCUT2D eigenvalue weighted by Crippen LogP contribution is -2.22. The fourth-order valence-electron chi connectivity index (χ4n) is 1.88. The van der Waals surface area contributed by atoms with Crippen molar-refractivity contribution in [3.8, 4) is 11.5 Å². The van der Waals surface area contributed by atoms with Gasteiger partial charge in [-0.25, -0.2) is 4.40 Å². The van der Waals surface area contributed by atoms with Crippen molar-refractivity contribution in [3.63, 3.8) is 0 Å². The molecule has 0 spiro atoms. The molecule has 2 heterocycles. The van der Waals surface area contributed by atoms with E-state index in [0.29, 0.717) is 21.0 Å². The van der Waals surface area contributed by atoms with E-state index in [-0.39, 0.29) is 5.56 Å². The van der Waals surface area contributed by atoms with Gasteiger partial charge in [0.15, 0.2) is 0 Å². The highest BCUT2D eigenvalue weighted by Crippen LogP contribution is 2.24. The predicted octanol–water partition coefficient (Wildman–Crippen LogP) is 0.716. The lowest BCUT2D eigenvalue weighted by Gasteiger charge is -2.06. The first-order chi connectivity index (χ1) is 9.72. The van der Waals surface area contributed by atoms with Crippen molar-refractivity contribution in [1.82, 2.24) is 14.6 Å². The van der Waals surface area contributed by atoms with Gasteiger partial charge in [0.2, 0.25) is 4.96 Å². The minimum absolute atomic E-state index is 0.139. The van der Waals surface area contributed by atoms with Crippen LogP contribution in [0.5, 0.6) is 11.5 Å². The van der Waals surface area contributed by atoms with Crippen molar-refractivity contribution in [3.05, 3.63) is 45.0 Å². The largest absolute Gasteiger partial charge is 0.497 e. The molecule has 6 nitrogen and oxygen atoms in total. The van der Waals surface area contributed by atoms with E-state index in [1.807, 2.05) is 6.07 Å². The Balaban J connectivity index is 2.22. The molecule has 3 rings (SSSR count). The van der Waals surface area contributed by atoms with Crippen LogP contribution in [-0.2, 0) is 0 Å². The number of ether oxygens (including phenoxy) is 2. The molecule has 0 bridgehead atoms. The Labute approximate surface area is 117 Å². The molecule has 0 aliphatic carbocycles. The topological polar surface area (TPSA) is 65.7 Å². The number of hydrogen-bond donors (Lipinski definition) is 0. The highest BCUT2D eigenvalue weighted by atomic mass is 32.1. The van der Waals surface area contributed by atoms with Crippen LogP contribution in [0, 0.1) is 0 Å². The Morgan fingerprint density at radius 2 is 2.15 bits per heavy atom. The summed E-state index contributed by atoms with van der Waals surface area (Å²) in [7, 11) is 3.18. The highest BCUT2D eigenvalue weighted by Gasteiger charge is 2.07. The molecule has 0 saturated heterocycles. The maximum atomic E-state index is 12.1. The molecular weight excluding hydrogens is 278 g/mol. The number of fused-ring (bicyclic) bond motifs is 1. The summed E-state index contributed by atoms with van der Waals surface area (Å²) in [6.07, 6.45) is 3.18. The summed E-state index contributed by atoms with van der Waals surface area (Å²) in [6, 6.07) is 5.42. The lowest BCUT2D eigenvalue weighted by molar-refractivity contribution is 0.402. The summed E-state index contributed by atoms with van der Waals surface area (Å²) in [5.41, 5.74) is 0.640. The molecule has 2 aromatic heterocycles. The molecule has 0 N–H and O–H groups in total. The van der Waals surface area contributed by atoms with E-state index in [2.05, 4.69) is 10.2 Å². The van der Waals surface area contributed by atoms with E-state index >= 15 is 0 Å². The minimum atomic E-state index is -0.139. The van der Waals surface area contributed by atoms with Crippen LogP contribution in [0.3, 0.4) is 0 Å². The van der Waals surface area contributed by atoms with Gasteiger partial charge in [-0.1, -0.05) is 11.3 Å². The van der Waals surface area contributed by atoms with E-state index in [1.165, 1.54) is 22.1 Å². The van der Waals surface area contributed by atoms with Crippen LogP contribution in [0.2, 0.25) is 0 Å². The van der Waals surface area contributed by atoms with Gasteiger partial charge in [-0.05, 0) is 24.3 Å². The van der Waals surface area contributed by atoms with Crippen molar-refractivity contribution in [2.45, 2.75) is 0 Å². The summed E-state index contributed by atoms with van der Waals surface area (Å²) in [5.74, 6) is 1.38. The van der Waals surface area contributed by atoms with Crippen molar-refractivity contribution in [2.24, 2.45) is 0 Å². The van der Waals surface area contributed by atoms with Gasteiger partial charge in [0.05, 0.1) is 18.8 Å². The number of nitrogens with zero attached hydrogens (tertiary/aromatic N) is 3. The average molecular weight is 289 g/mol. The second-order valence-corrected chi connectivity index (χ2v) is 5.02. The van der Waals surface area contributed by atoms with Crippen molar-refractivity contribution in [2.75, 3.05) is 14.2 Å². The summed E-state index contributed by atoms with van der Waals surface area (Å²) in [6.45, 7) is 0. The molecule has 1 aromatic carbocycles. The Morgan fingerprint density at radius 1 is 1.30 bits per heavy atom. The van der Waals surface area contributed by atoms with Gasteiger partial charge in [-0.2, -0.15) is 0 Å². The third-order valence-electron chi connectivity index (χ3n) is 2.87. The van der Waals surface area contributed by atoms with Gasteiger partial charge in [0.25, 0.3) is 5.56 Å². The molecule has 0 fully saturated rings. The molecule has 0 saturated carbocycles. The maximum absolute atomic E-state index is 12.1. The second-order valence-electron chi connectivity index (χ2n) is 4.01. The standard InChI is InChI=1S/C13H11N3O3S/c1-18-9-3-4-10(19-2)8(5-9)6-11-12(17)16-7-14-15-13(16)20-11/h3-7H,1-2H3/b11-6-. The van der Waals surface area contributed by atoms with E-state index in [4.69, 9.17) is 9.47 Å². The Morgan fingerprint density at radius 3 is 2.85 bits per heavy atom. The summed E-state index contributed by atoms with van der Waals surface area (Å²) >= 11 is 1.28. The van der Waals surface area contributed by atoms with Gasteiger partial charge in [0, 0.05) is 5.56 Å². The predicted molar refractivity (Wildman–Crippen MR) is 75.5 cm³/mol. The fraction of sp³-hybridized carbons (Fsp3) is 0.154. The minimum Gasteiger partial charge on any atom is -0.497 e. The fourth-order valence-corrected chi connectivity index (χ4v) is 2.76. The summed E-state index contributed by atoms with van der Waals surface area (Å²) < 4.78 is 12.5. The quantitative estimate of drug-likeness (QED) is 0.710. The molecule has 0 aliphatic heterocycles. The molecule has 3 aromatic rings. The third-order valence-corrected chi connectivity index (χ3v) is 3.84.